The minimum atomic E-state index is -0.501. The molecule has 1 N–H and O–H groups in total. The van der Waals surface area contributed by atoms with Crippen molar-refractivity contribution in [1.82, 2.24) is 5.32 Å². The molecule has 2 amide bonds. The van der Waals surface area contributed by atoms with Crippen LogP contribution < -0.4 is 19.7 Å². The zero-order valence-corrected chi connectivity index (χ0v) is 15.6. The topological polar surface area (TPSA) is 67.9 Å². The molecule has 142 valence electrons. The van der Waals surface area contributed by atoms with Crippen LogP contribution in [-0.4, -0.2) is 38.1 Å². The van der Waals surface area contributed by atoms with Crippen molar-refractivity contribution in [1.29, 1.82) is 0 Å². The van der Waals surface area contributed by atoms with Crippen molar-refractivity contribution in [3.8, 4) is 11.5 Å². The van der Waals surface area contributed by atoms with Crippen LogP contribution >= 0.6 is 0 Å². The largest absolute Gasteiger partial charge is 0.496 e. The number of rotatable bonds is 8. The second-order valence-electron chi connectivity index (χ2n) is 6.27. The summed E-state index contributed by atoms with van der Waals surface area (Å²) in [5.41, 5.74) is 1.63. The molecule has 1 aliphatic rings. The van der Waals surface area contributed by atoms with Gasteiger partial charge in [0, 0.05) is 6.54 Å². The molecular formula is C21H24N2O4. The van der Waals surface area contributed by atoms with Crippen LogP contribution in [0.15, 0.2) is 48.5 Å². The number of ether oxygens (including phenoxy) is 2. The number of carbonyl (C=O) groups excluding carboxylic acids is 2. The molecule has 0 saturated carbocycles. The minimum Gasteiger partial charge on any atom is -0.496 e. The van der Waals surface area contributed by atoms with Crippen LogP contribution in [0.3, 0.4) is 0 Å². The summed E-state index contributed by atoms with van der Waals surface area (Å²) in [5, 5.41) is 3.20. The van der Waals surface area contributed by atoms with Gasteiger partial charge in [-0.2, -0.15) is 0 Å². The summed E-state index contributed by atoms with van der Waals surface area (Å²) in [4.78, 5) is 26.3. The first kappa shape index (κ1) is 18.9. The number of methoxy groups -OCH3 is 1. The van der Waals surface area contributed by atoms with Crippen LogP contribution in [0.25, 0.3) is 0 Å². The number of para-hydroxylation sites is 1. The average Bonchev–Trinajstić information content (AvgIpc) is 2.97. The van der Waals surface area contributed by atoms with Crippen molar-refractivity contribution in [2.45, 2.75) is 25.8 Å². The lowest BCUT2D eigenvalue weighted by molar-refractivity contribution is -0.121. The number of carbonyl (C=O) groups is 2. The number of imide groups is 1. The first-order chi connectivity index (χ1) is 13.1. The van der Waals surface area contributed by atoms with E-state index in [1.807, 2.05) is 31.2 Å². The van der Waals surface area contributed by atoms with Crippen LogP contribution in [0.2, 0.25) is 0 Å². The highest BCUT2D eigenvalue weighted by molar-refractivity contribution is 6.22. The first-order valence-electron chi connectivity index (χ1n) is 9.09. The Labute approximate surface area is 159 Å². The summed E-state index contributed by atoms with van der Waals surface area (Å²) in [7, 11) is 1.64. The van der Waals surface area contributed by atoms with E-state index in [0.717, 1.165) is 11.3 Å². The van der Waals surface area contributed by atoms with E-state index in [4.69, 9.17) is 9.47 Å². The zero-order chi connectivity index (χ0) is 19.2. The first-order valence-corrected chi connectivity index (χ1v) is 9.09. The van der Waals surface area contributed by atoms with Gasteiger partial charge in [0.2, 0.25) is 5.91 Å². The summed E-state index contributed by atoms with van der Waals surface area (Å²) in [5.74, 6) is 1.12. The Bertz CT molecular complexity index is 804. The van der Waals surface area contributed by atoms with Crippen LogP contribution in [0.5, 0.6) is 11.5 Å². The maximum Gasteiger partial charge on any atom is 0.251 e. The number of amides is 2. The highest BCUT2D eigenvalue weighted by atomic mass is 16.5. The second-order valence-corrected chi connectivity index (χ2v) is 6.27. The molecule has 6 nitrogen and oxygen atoms in total. The summed E-state index contributed by atoms with van der Waals surface area (Å²) < 4.78 is 10.7. The van der Waals surface area contributed by atoms with Gasteiger partial charge in [-0.1, -0.05) is 18.2 Å². The number of nitrogens with one attached hydrogen (secondary N) is 1. The monoisotopic (exact) mass is 368 g/mol. The third-order valence-electron chi connectivity index (χ3n) is 4.53. The summed E-state index contributed by atoms with van der Waals surface area (Å²) in [6.45, 7) is 3.06. The van der Waals surface area contributed by atoms with E-state index >= 15 is 0 Å². The molecule has 1 aliphatic heterocycles. The van der Waals surface area contributed by atoms with E-state index in [1.54, 1.807) is 31.4 Å². The molecule has 0 spiro atoms. The lowest BCUT2D eigenvalue weighted by Crippen LogP contribution is -2.39. The van der Waals surface area contributed by atoms with E-state index in [0.29, 0.717) is 31.0 Å². The van der Waals surface area contributed by atoms with Gasteiger partial charge in [0.15, 0.2) is 0 Å². The second kappa shape index (κ2) is 8.68. The lowest BCUT2D eigenvalue weighted by Gasteiger charge is -2.16. The third-order valence-corrected chi connectivity index (χ3v) is 4.53. The molecule has 0 aromatic heterocycles. The van der Waals surface area contributed by atoms with Gasteiger partial charge >= 0.3 is 0 Å². The fraction of sp³-hybridized carbons (Fsp3) is 0.333. The van der Waals surface area contributed by atoms with Gasteiger partial charge in [0.05, 0.1) is 31.9 Å². The van der Waals surface area contributed by atoms with Gasteiger partial charge in [-0.25, -0.2) is 4.90 Å². The van der Waals surface area contributed by atoms with Crippen molar-refractivity contribution in [2.24, 2.45) is 0 Å². The molecule has 1 saturated heterocycles. The molecule has 2 aromatic carbocycles. The Morgan fingerprint density at radius 1 is 1.11 bits per heavy atom. The van der Waals surface area contributed by atoms with Crippen molar-refractivity contribution in [3.63, 3.8) is 0 Å². The number of nitrogens with zero attached hydrogens (tertiary/aromatic N) is 1. The predicted molar refractivity (Wildman–Crippen MR) is 103 cm³/mol. The molecule has 1 fully saturated rings. The van der Waals surface area contributed by atoms with Gasteiger partial charge in [0.1, 0.15) is 11.5 Å². The van der Waals surface area contributed by atoms with Gasteiger partial charge in [0.25, 0.3) is 5.91 Å². The summed E-state index contributed by atoms with van der Waals surface area (Å²) in [6.07, 6.45) is 0.878. The Balaban J connectivity index is 1.60. The van der Waals surface area contributed by atoms with Crippen molar-refractivity contribution in [2.75, 3.05) is 25.2 Å². The van der Waals surface area contributed by atoms with Crippen molar-refractivity contribution in [3.05, 3.63) is 54.1 Å². The van der Waals surface area contributed by atoms with E-state index in [-0.39, 0.29) is 18.2 Å². The molecule has 0 bridgehead atoms. The minimum absolute atomic E-state index is 0.165. The number of hydrogen-bond donors (Lipinski definition) is 1. The molecule has 0 unspecified atom stereocenters. The fourth-order valence-electron chi connectivity index (χ4n) is 3.21. The third kappa shape index (κ3) is 4.28. The Morgan fingerprint density at radius 2 is 1.85 bits per heavy atom. The van der Waals surface area contributed by atoms with Crippen molar-refractivity contribution >= 4 is 17.5 Å². The fourth-order valence-corrected chi connectivity index (χ4v) is 3.21. The highest BCUT2D eigenvalue weighted by Gasteiger charge is 2.39. The van der Waals surface area contributed by atoms with Crippen molar-refractivity contribution < 1.29 is 19.1 Å². The van der Waals surface area contributed by atoms with Gasteiger partial charge in [-0.05, 0) is 49.2 Å². The summed E-state index contributed by atoms with van der Waals surface area (Å²) in [6, 6.07) is 14.3. The SMILES string of the molecule is CCOc1ccc(N2C(=O)C[C@@H](NCCc3ccccc3OC)C2=O)cc1. The Hall–Kier alpha value is -2.86. The van der Waals surface area contributed by atoms with Gasteiger partial charge in [-0.15, -0.1) is 0 Å². The van der Waals surface area contributed by atoms with E-state index in [1.165, 1.54) is 4.90 Å². The zero-order valence-electron chi connectivity index (χ0n) is 15.6. The Kier molecular flexibility index (Phi) is 6.08. The molecule has 0 aliphatic carbocycles. The van der Waals surface area contributed by atoms with Gasteiger partial charge < -0.3 is 14.8 Å². The summed E-state index contributed by atoms with van der Waals surface area (Å²) >= 11 is 0. The molecular weight excluding hydrogens is 344 g/mol. The molecule has 27 heavy (non-hydrogen) atoms. The van der Waals surface area contributed by atoms with Crippen LogP contribution in [-0.2, 0) is 16.0 Å². The van der Waals surface area contributed by atoms with E-state index in [2.05, 4.69) is 5.32 Å². The molecule has 3 rings (SSSR count). The predicted octanol–water partition coefficient (Wildman–Crippen LogP) is 2.56. The molecule has 1 atom stereocenters. The maximum atomic E-state index is 12.7. The van der Waals surface area contributed by atoms with E-state index in [9.17, 15) is 9.59 Å². The van der Waals surface area contributed by atoms with Crippen LogP contribution in [0.4, 0.5) is 5.69 Å². The van der Waals surface area contributed by atoms with Crippen LogP contribution in [0.1, 0.15) is 18.9 Å². The Morgan fingerprint density at radius 3 is 2.56 bits per heavy atom. The molecule has 0 radical (unpaired) electrons. The number of benzene rings is 2. The smallest absolute Gasteiger partial charge is 0.251 e. The standard InChI is InChI=1S/C21H24N2O4/c1-3-27-17-10-8-16(9-11-17)23-20(24)14-18(21(23)25)22-13-12-15-6-4-5-7-19(15)26-2/h4-11,18,22H,3,12-14H2,1-2H3/t18-/m1/s1. The van der Waals surface area contributed by atoms with E-state index < -0.39 is 6.04 Å². The van der Waals surface area contributed by atoms with Crippen LogP contribution in [0, 0.1) is 0 Å². The van der Waals surface area contributed by atoms with Gasteiger partial charge in [-0.3, -0.25) is 9.59 Å². The number of hydrogen-bond acceptors (Lipinski definition) is 5. The normalized spacial score (nSPS) is 16.7. The molecule has 6 heteroatoms. The lowest BCUT2D eigenvalue weighted by atomic mass is 10.1. The average molecular weight is 368 g/mol. The molecule has 1 heterocycles. The number of anilines is 1. The quantitative estimate of drug-likeness (QED) is 0.726. The molecule has 2 aromatic rings. The maximum absolute atomic E-state index is 12.7. The highest BCUT2D eigenvalue weighted by Crippen LogP contribution is 2.25.